The standard InChI is InChI=1S/C13H10N6O2/c14-11(20)10-12(16-7-17-19-10)18-9-3-1-8(2-4-9)13-15-5-6-21-13/h1-7H,(H2,14,20)(H,16,17,18). The van der Waals surface area contributed by atoms with Crippen molar-refractivity contribution in [3.8, 4) is 11.5 Å². The van der Waals surface area contributed by atoms with Gasteiger partial charge in [-0.25, -0.2) is 9.97 Å². The number of nitrogens with two attached hydrogens (primary N) is 1. The van der Waals surface area contributed by atoms with E-state index in [0.29, 0.717) is 11.6 Å². The van der Waals surface area contributed by atoms with Crippen LogP contribution >= 0.6 is 0 Å². The van der Waals surface area contributed by atoms with Crippen molar-refractivity contribution < 1.29 is 9.21 Å². The highest BCUT2D eigenvalue weighted by atomic mass is 16.3. The maximum absolute atomic E-state index is 11.2. The Balaban J connectivity index is 1.84. The Morgan fingerprint density at radius 1 is 1.19 bits per heavy atom. The number of benzene rings is 1. The van der Waals surface area contributed by atoms with Crippen LogP contribution in [-0.2, 0) is 0 Å². The van der Waals surface area contributed by atoms with Crippen molar-refractivity contribution in [2.75, 3.05) is 5.32 Å². The smallest absolute Gasteiger partial charge is 0.273 e. The molecule has 0 aliphatic carbocycles. The monoisotopic (exact) mass is 282 g/mol. The number of oxazole rings is 1. The second-order valence-corrected chi connectivity index (χ2v) is 4.06. The van der Waals surface area contributed by atoms with Gasteiger partial charge in [0.25, 0.3) is 5.91 Å². The predicted molar refractivity (Wildman–Crippen MR) is 73.6 cm³/mol. The van der Waals surface area contributed by atoms with Gasteiger partial charge in [0, 0.05) is 11.3 Å². The number of nitrogens with zero attached hydrogens (tertiary/aromatic N) is 4. The molecular weight excluding hydrogens is 272 g/mol. The molecule has 3 aromatic rings. The number of hydrogen-bond donors (Lipinski definition) is 2. The van der Waals surface area contributed by atoms with Crippen molar-refractivity contribution >= 4 is 17.4 Å². The number of carbonyl (C=O) groups is 1. The number of aromatic nitrogens is 4. The summed E-state index contributed by atoms with van der Waals surface area (Å²) in [5.41, 5.74) is 6.75. The number of carbonyl (C=O) groups excluding carboxylic acids is 1. The van der Waals surface area contributed by atoms with Gasteiger partial charge in [-0.3, -0.25) is 4.79 Å². The van der Waals surface area contributed by atoms with Gasteiger partial charge in [-0.15, -0.1) is 10.2 Å². The number of nitrogens with one attached hydrogen (secondary N) is 1. The molecular formula is C13H10N6O2. The number of amides is 1. The van der Waals surface area contributed by atoms with Crippen molar-refractivity contribution in [1.82, 2.24) is 20.2 Å². The SMILES string of the molecule is NC(=O)c1nncnc1Nc1ccc(-c2ncco2)cc1. The fraction of sp³-hybridized carbons (Fsp3) is 0. The Bertz CT molecular complexity index is 755. The Morgan fingerprint density at radius 2 is 2.00 bits per heavy atom. The van der Waals surface area contributed by atoms with Crippen LogP contribution in [0.15, 0.2) is 47.5 Å². The van der Waals surface area contributed by atoms with Gasteiger partial charge in [-0.2, -0.15) is 0 Å². The molecule has 0 atom stereocenters. The van der Waals surface area contributed by atoms with Gasteiger partial charge in [-0.05, 0) is 24.3 Å². The zero-order valence-corrected chi connectivity index (χ0v) is 10.7. The van der Waals surface area contributed by atoms with Crippen LogP contribution in [0.4, 0.5) is 11.5 Å². The summed E-state index contributed by atoms with van der Waals surface area (Å²) in [7, 11) is 0. The third-order valence-electron chi connectivity index (χ3n) is 2.68. The number of hydrogen-bond acceptors (Lipinski definition) is 7. The van der Waals surface area contributed by atoms with Crippen molar-refractivity contribution in [2.24, 2.45) is 5.73 Å². The molecule has 21 heavy (non-hydrogen) atoms. The van der Waals surface area contributed by atoms with E-state index >= 15 is 0 Å². The molecule has 0 aliphatic heterocycles. The Hall–Kier alpha value is -3.29. The van der Waals surface area contributed by atoms with Crippen molar-refractivity contribution in [3.63, 3.8) is 0 Å². The van der Waals surface area contributed by atoms with E-state index in [-0.39, 0.29) is 11.5 Å². The average molecular weight is 282 g/mol. The second-order valence-electron chi connectivity index (χ2n) is 4.06. The molecule has 0 unspecified atom stereocenters. The van der Waals surface area contributed by atoms with Crippen LogP contribution in [0.1, 0.15) is 10.5 Å². The van der Waals surface area contributed by atoms with E-state index in [9.17, 15) is 4.79 Å². The molecule has 3 N–H and O–H groups in total. The van der Waals surface area contributed by atoms with Crippen molar-refractivity contribution in [3.05, 3.63) is 48.7 Å². The lowest BCUT2D eigenvalue weighted by molar-refractivity contribution is 0.0995. The molecule has 0 bridgehead atoms. The van der Waals surface area contributed by atoms with Gasteiger partial charge in [0.1, 0.15) is 12.6 Å². The van der Waals surface area contributed by atoms with E-state index < -0.39 is 5.91 Å². The van der Waals surface area contributed by atoms with Gasteiger partial charge < -0.3 is 15.5 Å². The summed E-state index contributed by atoms with van der Waals surface area (Å²) in [6.07, 6.45) is 4.32. The summed E-state index contributed by atoms with van der Waals surface area (Å²) in [6.45, 7) is 0. The van der Waals surface area contributed by atoms with E-state index in [1.807, 2.05) is 12.1 Å². The Labute approximate surface area is 119 Å². The molecule has 0 saturated carbocycles. The highest BCUT2D eigenvalue weighted by Gasteiger charge is 2.12. The molecule has 2 aromatic heterocycles. The molecule has 2 heterocycles. The van der Waals surface area contributed by atoms with Crippen LogP contribution < -0.4 is 11.1 Å². The fourth-order valence-corrected chi connectivity index (χ4v) is 1.73. The summed E-state index contributed by atoms with van der Waals surface area (Å²) >= 11 is 0. The minimum Gasteiger partial charge on any atom is -0.445 e. The van der Waals surface area contributed by atoms with E-state index in [4.69, 9.17) is 10.2 Å². The quantitative estimate of drug-likeness (QED) is 0.741. The summed E-state index contributed by atoms with van der Waals surface area (Å²) in [4.78, 5) is 19.3. The van der Waals surface area contributed by atoms with Crippen molar-refractivity contribution in [2.45, 2.75) is 0 Å². The molecule has 1 amide bonds. The molecule has 0 aliphatic rings. The third kappa shape index (κ3) is 2.68. The molecule has 8 heteroatoms. The average Bonchev–Trinajstić information content (AvgIpc) is 3.03. The van der Waals surface area contributed by atoms with Gasteiger partial charge in [0.05, 0.1) is 6.20 Å². The van der Waals surface area contributed by atoms with Gasteiger partial charge in [0.2, 0.25) is 5.89 Å². The maximum atomic E-state index is 11.2. The number of primary amides is 1. The lowest BCUT2D eigenvalue weighted by atomic mass is 10.2. The van der Waals surface area contributed by atoms with E-state index in [2.05, 4.69) is 25.5 Å². The van der Waals surface area contributed by atoms with Crippen LogP contribution in [-0.4, -0.2) is 26.1 Å². The highest BCUT2D eigenvalue weighted by molar-refractivity contribution is 5.95. The normalized spacial score (nSPS) is 10.3. The van der Waals surface area contributed by atoms with Crippen LogP contribution in [0.25, 0.3) is 11.5 Å². The lowest BCUT2D eigenvalue weighted by Gasteiger charge is -2.07. The topological polar surface area (TPSA) is 120 Å². The van der Waals surface area contributed by atoms with Gasteiger partial charge in [-0.1, -0.05) is 0 Å². The first kappa shape index (κ1) is 12.7. The second kappa shape index (κ2) is 5.37. The molecule has 0 spiro atoms. The van der Waals surface area contributed by atoms with Crippen LogP contribution in [0.5, 0.6) is 0 Å². The summed E-state index contributed by atoms with van der Waals surface area (Å²) in [6, 6.07) is 7.25. The minimum absolute atomic E-state index is 0.0192. The zero-order chi connectivity index (χ0) is 14.7. The predicted octanol–water partition coefficient (Wildman–Crippen LogP) is 1.37. The van der Waals surface area contributed by atoms with Crippen molar-refractivity contribution in [1.29, 1.82) is 0 Å². The zero-order valence-electron chi connectivity index (χ0n) is 10.7. The largest absolute Gasteiger partial charge is 0.445 e. The first-order valence-electron chi connectivity index (χ1n) is 5.98. The van der Waals surface area contributed by atoms with E-state index in [0.717, 1.165) is 5.56 Å². The summed E-state index contributed by atoms with van der Waals surface area (Å²) in [5.74, 6) is 0.0824. The summed E-state index contributed by atoms with van der Waals surface area (Å²) in [5, 5.41) is 10.2. The molecule has 1 aromatic carbocycles. The van der Waals surface area contributed by atoms with E-state index in [1.165, 1.54) is 12.6 Å². The molecule has 8 nitrogen and oxygen atoms in total. The van der Waals surface area contributed by atoms with Crippen LogP contribution in [0.2, 0.25) is 0 Å². The maximum Gasteiger partial charge on any atom is 0.273 e. The minimum atomic E-state index is -0.700. The first-order valence-corrected chi connectivity index (χ1v) is 5.98. The van der Waals surface area contributed by atoms with Gasteiger partial charge in [0.15, 0.2) is 11.5 Å². The van der Waals surface area contributed by atoms with Crippen LogP contribution in [0, 0.1) is 0 Å². The first-order chi connectivity index (χ1) is 10.2. The fourth-order valence-electron chi connectivity index (χ4n) is 1.73. The van der Waals surface area contributed by atoms with Crippen LogP contribution in [0.3, 0.4) is 0 Å². The number of rotatable bonds is 4. The molecule has 3 rings (SSSR count). The van der Waals surface area contributed by atoms with E-state index in [1.54, 1.807) is 18.3 Å². The Kier molecular flexibility index (Phi) is 3.26. The number of anilines is 2. The summed E-state index contributed by atoms with van der Waals surface area (Å²) < 4.78 is 5.20. The molecule has 0 fully saturated rings. The highest BCUT2D eigenvalue weighted by Crippen LogP contribution is 2.21. The lowest BCUT2D eigenvalue weighted by Crippen LogP contribution is -2.17. The molecule has 0 saturated heterocycles. The third-order valence-corrected chi connectivity index (χ3v) is 2.68. The Morgan fingerprint density at radius 3 is 2.67 bits per heavy atom. The van der Waals surface area contributed by atoms with Gasteiger partial charge >= 0.3 is 0 Å². The molecule has 104 valence electrons. The molecule has 0 radical (unpaired) electrons.